The summed E-state index contributed by atoms with van der Waals surface area (Å²) in [6, 6.07) is 67.2. The predicted octanol–water partition coefficient (Wildman–Crippen LogP) is 17.1. The van der Waals surface area contributed by atoms with Crippen molar-refractivity contribution in [2.45, 2.75) is 52.4 Å². The average molecular weight is 934 g/mol. The molecule has 0 N–H and O–H groups in total. The highest BCUT2D eigenvalue weighted by atomic mass is 32.1. The Hall–Kier alpha value is -8.00. The first-order valence-corrected chi connectivity index (χ1v) is 25.6. The Morgan fingerprint density at radius 2 is 1.14 bits per heavy atom. The maximum Gasteiger partial charge on any atom is 0.375 e. The second kappa shape index (κ2) is 14.3. The van der Waals surface area contributed by atoms with Crippen LogP contribution < -0.4 is 20.8 Å². The molecule has 0 saturated carbocycles. The van der Waals surface area contributed by atoms with E-state index in [-0.39, 0.29) is 17.7 Å². The van der Waals surface area contributed by atoms with Crippen molar-refractivity contribution in [2.75, 3.05) is 9.71 Å². The van der Waals surface area contributed by atoms with Gasteiger partial charge in [0.2, 0.25) is 0 Å². The summed E-state index contributed by atoms with van der Waals surface area (Å²) >= 11 is 1.88. The lowest BCUT2D eigenvalue weighted by Gasteiger charge is -2.40. The van der Waals surface area contributed by atoms with E-state index in [0.29, 0.717) is 0 Å². The smallest absolute Gasteiger partial charge is 0.375 e. The number of benzene rings is 9. The van der Waals surface area contributed by atoms with Gasteiger partial charge in [-0.25, -0.2) is 0 Å². The van der Waals surface area contributed by atoms with E-state index in [1.807, 2.05) is 11.3 Å². The first kappa shape index (κ1) is 40.8. The Kier molecular flexibility index (Phi) is 8.23. The van der Waals surface area contributed by atoms with Crippen LogP contribution in [0.3, 0.4) is 0 Å². The standard InChI is InChI=1S/C64H48BN3O2S/c1-63(2,3)37-21-24-41(25-22-37)68-53-35-56-49(48-32-42(26-30-54(48)69-56)66(39-15-9-7-10-16-39)40-17-11-8-12-18-40)33-46(53)44-27-28-45-47-34-50-43-19-13-14-20-57(43)71-58(50)36-52(47)67-60(45)59(44)65(68)62-61(67)51-31-38(64(4,5)6)23-29-55(51)70-62/h7-36H,1-6H3. The van der Waals surface area contributed by atoms with Crippen LogP contribution in [-0.2, 0) is 10.8 Å². The molecule has 0 spiro atoms. The van der Waals surface area contributed by atoms with Gasteiger partial charge in [0, 0.05) is 87.2 Å². The van der Waals surface area contributed by atoms with Crippen molar-refractivity contribution in [2.24, 2.45) is 0 Å². The Bertz CT molecular complexity index is 4330. The summed E-state index contributed by atoms with van der Waals surface area (Å²) in [5.41, 5.74) is 18.7. The minimum absolute atomic E-state index is 0.00544. The van der Waals surface area contributed by atoms with Gasteiger partial charge in [0.05, 0.1) is 16.7 Å². The van der Waals surface area contributed by atoms with E-state index in [1.165, 1.54) is 69.7 Å². The number of fused-ring (bicyclic) bond motifs is 16. The molecule has 0 bridgehead atoms. The third-order valence-electron chi connectivity index (χ3n) is 15.4. The highest BCUT2D eigenvalue weighted by Crippen LogP contribution is 2.50. The zero-order valence-corrected chi connectivity index (χ0v) is 41.3. The van der Waals surface area contributed by atoms with Crippen molar-refractivity contribution < 1.29 is 8.83 Å². The highest BCUT2D eigenvalue weighted by Gasteiger charge is 2.47. The molecule has 13 aromatic rings. The number of nitrogens with zero attached hydrogens (tertiary/aromatic N) is 3. The molecule has 9 aromatic carbocycles. The molecule has 6 heterocycles. The molecule has 15 rings (SSSR count). The van der Waals surface area contributed by atoms with Gasteiger partial charge in [-0.15, -0.1) is 11.3 Å². The van der Waals surface area contributed by atoms with Crippen LogP contribution in [0.4, 0.5) is 28.4 Å². The molecule has 5 nitrogen and oxygen atoms in total. The van der Waals surface area contributed by atoms with E-state index in [9.17, 15) is 0 Å². The van der Waals surface area contributed by atoms with Crippen LogP contribution in [-0.4, -0.2) is 11.4 Å². The molecule has 7 heteroatoms. The van der Waals surface area contributed by atoms with Crippen LogP contribution in [0, 0.1) is 0 Å². The lowest BCUT2D eigenvalue weighted by atomic mass is 9.46. The highest BCUT2D eigenvalue weighted by molar-refractivity contribution is 7.25. The maximum atomic E-state index is 7.39. The average Bonchev–Trinajstić information content (AvgIpc) is 4.14. The van der Waals surface area contributed by atoms with Crippen LogP contribution in [0.2, 0.25) is 0 Å². The van der Waals surface area contributed by atoms with Crippen molar-refractivity contribution in [3.05, 3.63) is 193 Å². The molecular weight excluding hydrogens is 886 g/mol. The number of hydrogen-bond donors (Lipinski definition) is 0. The molecule has 0 aliphatic carbocycles. The van der Waals surface area contributed by atoms with E-state index in [1.54, 1.807) is 0 Å². The first-order chi connectivity index (χ1) is 34.5. The fourth-order valence-electron chi connectivity index (χ4n) is 12.0. The van der Waals surface area contributed by atoms with Crippen LogP contribution in [0.15, 0.2) is 191 Å². The van der Waals surface area contributed by atoms with E-state index in [2.05, 4.69) is 238 Å². The lowest BCUT2D eigenvalue weighted by molar-refractivity contribution is 0.590. The summed E-state index contributed by atoms with van der Waals surface area (Å²) in [4.78, 5) is 4.87. The molecule has 0 radical (unpaired) electrons. The summed E-state index contributed by atoms with van der Waals surface area (Å²) in [5, 5.41) is 8.40. The second-order valence-corrected chi connectivity index (χ2v) is 22.8. The van der Waals surface area contributed by atoms with Crippen LogP contribution in [0.25, 0.3) is 91.7 Å². The second-order valence-electron chi connectivity index (χ2n) is 21.7. The summed E-state index contributed by atoms with van der Waals surface area (Å²) in [7, 11) is 0. The Morgan fingerprint density at radius 3 is 1.89 bits per heavy atom. The molecule has 0 saturated heterocycles. The number of hydrogen-bond acceptors (Lipinski definition) is 5. The summed E-state index contributed by atoms with van der Waals surface area (Å²) in [6.45, 7) is 13.5. The lowest BCUT2D eigenvalue weighted by Crippen LogP contribution is -2.60. The van der Waals surface area contributed by atoms with E-state index in [4.69, 9.17) is 8.83 Å². The van der Waals surface area contributed by atoms with Crippen LogP contribution >= 0.6 is 11.3 Å². The molecule has 0 unspecified atom stereocenters. The van der Waals surface area contributed by atoms with Crippen molar-refractivity contribution in [3.8, 4) is 16.8 Å². The summed E-state index contributed by atoms with van der Waals surface area (Å²) in [5.74, 6) is 0. The van der Waals surface area contributed by atoms with Gasteiger partial charge < -0.3 is 23.1 Å². The monoisotopic (exact) mass is 933 g/mol. The normalized spacial score (nSPS) is 13.4. The van der Waals surface area contributed by atoms with E-state index < -0.39 is 0 Å². The quantitative estimate of drug-likeness (QED) is 0.165. The molecule has 2 aliphatic rings. The number of anilines is 5. The Labute approximate surface area is 415 Å². The third kappa shape index (κ3) is 5.81. The van der Waals surface area contributed by atoms with Gasteiger partial charge in [-0.3, -0.25) is 0 Å². The SMILES string of the molecule is CC(C)(C)c1ccc(N2B3c4oc5ccc(C(C)(C)C)cc5c4-n4c5cc6sc7ccccc7c6cc5c5ccc(c3c54)-c3cc4c(cc32)oc2ccc(N(c3ccccc3)c3ccccc3)cc24)cc1. The molecular formula is C64H48BN3O2S. The minimum Gasteiger partial charge on any atom is -0.466 e. The number of furan rings is 2. The number of rotatable bonds is 4. The van der Waals surface area contributed by atoms with Gasteiger partial charge in [-0.1, -0.05) is 126 Å². The van der Waals surface area contributed by atoms with Crippen LogP contribution in [0.1, 0.15) is 52.7 Å². The fourth-order valence-corrected chi connectivity index (χ4v) is 13.1. The van der Waals surface area contributed by atoms with Crippen molar-refractivity contribution >= 4 is 133 Å². The predicted molar refractivity (Wildman–Crippen MR) is 302 cm³/mol. The van der Waals surface area contributed by atoms with Gasteiger partial charge in [0.15, 0.2) is 0 Å². The summed E-state index contributed by atoms with van der Waals surface area (Å²) in [6.07, 6.45) is 0. The van der Waals surface area contributed by atoms with Crippen molar-refractivity contribution in [3.63, 3.8) is 0 Å². The Balaban J connectivity index is 1.05. The number of para-hydroxylation sites is 2. The van der Waals surface area contributed by atoms with Gasteiger partial charge in [-0.05, 0) is 124 Å². The van der Waals surface area contributed by atoms with Gasteiger partial charge in [-0.2, -0.15) is 0 Å². The van der Waals surface area contributed by atoms with Crippen LogP contribution in [0.5, 0.6) is 0 Å². The van der Waals surface area contributed by atoms with Crippen molar-refractivity contribution in [1.29, 1.82) is 0 Å². The van der Waals surface area contributed by atoms with Gasteiger partial charge >= 0.3 is 6.85 Å². The largest absolute Gasteiger partial charge is 0.466 e. The summed E-state index contributed by atoms with van der Waals surface area (Å²) < 4.78 is 19.5. The molecule has 0 atom stereocenters. The molecule has 0 amide bonds. The number of thiophene rings is 1. The van der Waals surface area contributed by atoms with Gasteiger partial charge in [0.25, 0.3) is 0 Å². The zero-order valence-electron chi connectivity index (χ0n) is 40.5. The number of aromatic nitrogens is 1. The fraction of sp³-hybridized carbons (Fsp3) is 0.125. The molecule has 2 aliphatic heterocycles. The van der Waals surface area contributed by atoms with E-state index >= 15 is 0 Å². The molecule has 340 valence electrons. The maximum absolute atomic E-state index is 7.39. The topological polar surface area (TPSA) is 37.7 Å². The first-order valence-electron chi connectivity index (χ1n) is 24.8. The van der Waals surface area contributed by atoms with Gasteiger partial charge in [0.1, 0.15) is 22.4 Å². The molecule has 0 fully saturated rings. The third-order valence-corrected chi connectivity index (χ3v) is 16.6. The molecule has 71 heavy (non-hydrogen) atoms. The Morgan fingerprint density at radius 1 is 0.465 bits per heavy atom. The zero-order chi connectivity index (χ0) is 47.7. The van der Waals surface area contributed by atoms with E-state index in [0.717, 1.165) is 72.7 Å². The molecule has 4 aromatic heterocycles. The minimum atomic E-state index is -0.278. The van der Waals surface area contributed by atoms with Crippen molar-refractivity contribution in [1.82, 2.24) is 4.57 Å².